The minimum absolute atomic E-state index is 0.0292. The number of benzene rings is 1. The van der Waals surface area contributed by atoms with Crippen molar-refractivity contribution in [3.05, 3.63) is 35.4 Å². The monoisotopic (exact) mass is 262 g/mol. The summed E-state index contributed by atoms with van der Waals surface area (Å²) in [7, 11) is 1.83. The van der Waals surface area contributed by atoms with Gasteiger partial charge in [-0.25, -0.2) is 0 Å². The van der Waals surface area contributed by atoms with E-state index in [1.807, 2.05) is 14.0 Å². The molecule has 3 nitrogen and oxygen atoms in total. The molecule has 19 heavy (non-hydrogen) atoms. The first-order chi connectivity index (χ1) is 8.97. The fourth-order valence-corrected chi connectivity index (χ4v) is 2.07. The third kappa shape index (κ3) is 4.35. The number of carbonyl (C=O) groups is 1. The van der Waals surface area contributed by atoms with Gasteiger partial charge >= 0.3 is 0 Å². The first-order valence-corrected chi connectivity index (χ1v) is 7.06. The molecule has 0 heterocycles. The van der Waals surface area contributed by atoms with E-state index >= 15 is 0 Å². The van der Waals surface area contributed by atoms with Gasteiger partial charge in [-0.2, -0.15) is 0 Å². The zero-order valence-electron chi connectivity index (χ0n) is 12.5. The van der Waals surface area contributed by atoms with E-state index in [0.29, 0.717) is 0 Å². The number of hydrogen-bond donors (Lipinski definition) is 1. The van der Waals surface area contributed by atoms with Gasteiger partial charge in [-0.1, -0.05) is 49.6 Å². The van der Waals surface area contributed by atoms with E-state index in [9.17, 15) is 4.79 Å². The predicted octanol–water partition coefficient (Wildman–Crippen LogP) is 3.03. The number of carbonyl (C=O) groups excluding carboxylic acids is 1. The molecule has 0 aliphatic heterocycles. The lowest BCUT2D eigenvalue weighted by molar-refractivity contribution is -0.133. The fraction of sp³-hybridized carbons (Fsp3) is 0.562. The summed E-state index contributed by atoms with van der Waals surface area (Å²) in [5.41, 5.74) is 8.32. The first-order valence-electron chi connectivity index (χ1n) is 7.06. The molecule has 0 fully saturated rings. The Bertz CT molecular complexity index is 400. The van der Waals surface area contributed by atoms with E-state index in [-0.39, 0.29) is 18.0 Å². The van der Waals surface area contributed by atoms with Crippen molar-refractivity contribution in [2.45, 2.75) is 52.1 Å². The Hall–Kier alpha value is -1.35. The van der Waals surface area contributed by atoms with Crippen LogP contribution < -0.4 is 5.73 Å². The molecular formula is C16H26N2O. The Morgan fingerprint density at radius 2 is 1.89 bits per heavy atom. The molecule has 0 radical (unpaired) electrons. The molecule has 0 spiro atoms. The van der Waals surface area contributed by atoms with Gasteiger partial charge in [-0.05, 0) is 25.8 Å². The Kier molecular flexibility index (Phi) is 6.03. The molecule has 1 rings (SSSR count). The van der Waals surface area contributed by atoms with Gasteiger partial charge in [-0.3, -0.25) is 4.79 Å². The molecule has 0 bridgehead atoms. The maximum atomic E-state index is 12.2. The zero-order chi connectivity index (χ0) is 14.4. The molecular weight excluding hydrogens is 236 g/mol. The number of nitrogens with zero attached hydrogens (tertiary/aromatic N) is 1. The average molecular weight is 262 g/mol. The van der Waals surface area contributed by atoms with Crippen LogP contribution in [0.25, 0.3) is 0 Å². The van der Waals surface area contributed by atoms with Crippen LogP contribution in [-0.2, 0) is 4.79 Å². The molecule has 3 heteroatoms. The van der Waals surface area contributed by atoms with Crippen molar-refractivity contribution in [1.29, 1.82) is 0 Å². The summed E-state index contributed by atoms with van der Waals surface area (Å²) in [6.07, 6.45) is 2.83. The number of aryl methyl sites for hydroxylation is 1. The van der Waals surface area contributed by atoms with Crippen molar-refractivity contribution in [3.63, 3.8) is 0 Å². The van der Waals surface area contributed by atoms with Gasteiger partial charge in [0.1, 0.15) is 0 Å². The van der Waals surface area contributed by atoms with Crippen molar-refractivity contribution in [1.82, 2.24) is 4.90 Å². The third-order valence-corrected chi connectivity index (χ3v) is 3.67. The summed E-state index contributed by atoms with van der Waals surface area (Å²) in [5, 5.41) is 0. The number of hydrogen-bond acceptors (Lipinski definition) is 2. The number of nitrogens with two attached hydrogens (primary N) is 1. The molecule has 1 aromatic rings. The second-order valence-corrected chi connectivity index (χ2v) is 5.28. The summed E-state index contributed by atoms with van der Waals surface area (Å²) in [6.45, 7) is 6.20. The Morgan fingerprint density at radius 1 is 1.32 bits per heavy atom. The Labute approximate surface area is 116 Å². The van der Waals surface area contributed by atoms with E-state index in [1.165, 1.54) is 5.56 Å². The van der Waals surface area contributed by atoms with E-state index < -0.39 is 0 Å². The van der Waals surface area contributed by atoms with Crippen molar-refractivity contribution >= 4 is 5.91 Å². The molecule has 2 atom stereocenters. The van der Waals surface area contributed by atoms with Crippen LogP contribution in [0.5, 0.6) is 0 Å². The lowest BCUT2D eigenvalue weighted by Crippen LogP contribution is -2.42. The van der Waals surface area contributed by atoms with Gasteiger partial charge in [0.25, 0.3) is 0 Å². The van der Waals surface area contributed by atoms with Crippen LogP contribution in [0.15, 0.2) is 24.3 Å². The van der Waals surface area contributed by atoms with Crippen LogP contribution in [0.3, 0.4) is 0 Å². The van der Waals surface area contributed by atoms with E-state index in [0.717, 1.165) is 24.8 Å². The highest BCUT2D eigenvalue weighted by atomic mass is 16.2. The maximum Gasteiger partial charge on any atom is 0.239 e. The standard InChI is InChI=1S/C16H26N2O/c1-5-6-7-15(17)16(19)18(4)13(3)14-10-8-12(2)9-11-14/h8-11,13,15H,5-7,17H2,1-4H3. The van der Waals surface area contributed by atoms with E-state index in [1.54, 1.807) is 4.90 Å². The van der Waals surface area contributed by atoms with Crippen LogP contribution >= 0.6 is 0 Å². The van der Waals surface area contributed by atoms with Gasteiger partial charge in [0.2, 0.25) is 5.91 Å². The molecule has 1 amide bonds. The van der Waals surface area contributed by atoms with Gasteiger partial charge < -0.3 is 10.6 Å². The molecule has 0 saturated carbocycles. The lowest BCUT2D eigenvalue weighted by Gasteiger charge is -2.28. The van der Waals surface area contributed by atoms with Crippen molar-refractivity contribution in [2.24, 2.45) is 5.73 Å². The normalized spacial score (nSPS) is 13.9. The summed E-state index contributed by atoms with van der Waals surface area (Å²) in [4.78, 5) is 14.0. The summed E-state index contributed by atoms with van der Waals surface area (Å²) < 4.78 is 0. The van der Waals surface area contributed by atoms with Gasteiger partial charge in [-0.15, -0.1) is 0 Å². The highest BCUT2D eigenvalue weighted by Gasteiger charge is 2.22. The van der Waals surface area contributed by atoms with E-state index in [2.05, 4.69) is 38.1 Å². The number of unbranched alkanes of at least 4 members (excludes halogenated alkanes) is 1. The van der Waals surface area contributed by atoms with Gasteiger partial charge in [0.15, 0.2) is 0 Å². The van der Waals surface area contributed by atoms with Gasteiger partial charge in [0, 0.05) is 7.05 Å². The first kappa shape index (κ1) is 15.7. The highest BCUT2D eigenvalue weighted by molar-refractivity contribution is 5.81. The average Bonchev–Trinajstić information content (AvgIpc) is 2.43. The summed E-state index contributed by atoms with van der Waals surface area (Å²) in [6, 6.07) is 7.96. The molecule has 0 aromatic heterocycles. The smallest absolute Gasteiger partial charge is 0.239 e. The van der Waals surface area contributed by atoms with E-state index in [4.69, 9.17) is 5.73 Å². The summed E-state index contributed by atoms with van der Waals surface area (Å²) >= 11 is 0. The summed E-state index contributed by atoms with van der Waals surface area (Å²) in [5.74, 6) is 0.0292. The van der Waals surface area contributed by atoms with Crippen molar-refractivity contribution in [2.75, 3.05) is 7.05 Å². The fourth-order valence-electron chi connectivity index (χ4n) is 2.07. The molecule has 106 valence electrons. The van der Waals surface area contributed by atoms with Crippen LogP contribution in [-0.4, -0.2) is 23.9 Å². The van der Waals surface area contributed by atoms with Crippen LogP contribution in [0, 0.1) is 6.92 Å². The SMILES string of the molecule is CCCCC(N)C(=O)N(C)C(C)c1ccc(C)cc1. The molecule has 2 unspecified atom stereocenters. The third-order valence-electron chi connectivity index (χ3n) is 3.67. The highest BCUT2D eigenvalue weighted by Crippen LogP contribution is 2.20. The van der Waals surface area contributed by atoms with Crippen LogP contribution in [0.2, 0.25) is 0 Å². The lowest BCUT2D eigenvalue weighted by atomic mass is 10.0. The predicted molar refractivity (Wildman–Crippen MR) is 79.9 cm³/mol. The quantitative estimate of drug-likeness (QED) is 0.856. The topological polar surface area (TPSA) is 46.3 Å². The van der Waals surface area contributed by atoms with Crippen molar-refractivity contribution < 1.29 is 4.79 Å². The number of amides is 1. The largest absolute Gasteiger partial charge is 0.338 e. The molecule has 2 N–H and O–H groups in total. The minimum atomic E-state index is -0.377. The second kappa shape index (κ2) is 7.29. The Balaban J connectivity index is 2.67. The second-order valence-electron chi connectivity index (χ2n) is 5.28. The van der Waals surface area contributed by atoms with Gasteiger partial charge in [0.05, 0.1) is 12.1 Å². The molecule has 0 aliphatic carbocycles. The number of likely N-dealkylation sites (N-methyl/N-ethyl adjacent to an activating group) is 1. The maximum absolute atomic E-state index is 12.2. The Morgan fingerprint density at radius 3 is 2.42 bits per heavy atom. The molecule has 0 aliphatic rings. The zero-order valence-corrected chi connectivity index (χ0v) is 12.5. The van der Waals surface area contributed by atoms with Crippen LogP contribution in [0.1, 0.15) is 50.3 Å². The molecule has 1 aromatic carbocycles. The number of rotatable bonds is 6. The molecule has 0 saturated heterocycles. The van der Waals surface area contributed by atoms with Crippen LogP contribution in [0.4, 0.5) is 0 Å². The minimum Gasteiger partial charge on any atom is -0.338 e. The van der Waals surface area contributed by atoms with Crippen molar-refractivity contribution in [3.8, 4) is 0 Å².